The third-order valence-electron chi connectivity index (χ3n) is 4.10. The predicted molar refractivity (Wildman–Crippen MR) is 81.4 cm³/mol. The molecule has 0 spiro atoms. The molecule has 1 saturated heterocycles. The maximum atomic E-state index is 9.45. The number of methoxy groups -OCH3 is 1. The monoisotopic (exact) mass is 303 g/mol. The van der Waals surface area contributed by atoms with Gasteiger partial charge in [-0.15, -0.1) is 10.2 Å². The minimum atomic E-state index is 0.180. The van der Waals surface area contributed by atoms with Gasteiger partial charge in [0.2, 0.25) is 11.8 Å². The van der Waals surface area contributed by atoms with Crippen molar-refractivity contribution in [2.24, 2.45) is 0 Å². The minimum Gasteiger partial charge on any atom is -0.497 e. The summed E-state index contributed by atoms with van der Waals surface area (Å²) < 4.78 is 10.9. The molecule has 0 bridgehead atoms. The molecule has 1 aromatic heterocycles. The number of benzene rings is 1. The molecule has 1 aromatic carbocycles. The number of aliphatic hydroxyl groups is 1. The topological polar surface area (TPSA) is 71.6 Å². The zero-order valence-corrected chi connectivity index (χ0v) is 12.7. The van der Waals surface area contributed by atoms with E-state index in [1.807, 2.05) is 24.3 Å². The molecule has 0 radical (unpaired) electrons. The number of hydrogen-bond donors (Lipinski definition) is 1. The van der Waals surface area contributed by atoms with Gasteiger partial charge in [-0.3, -0.25) is 4.90 Å². The molecule has 22 heavy (non-hydrogen) atoms. The molecule has 3 rings (SSSR count). The van der Waals surface area contributed by atoms with Crippen LogP contribution in [0.1, 0.15) is 25.2 Å². The molecule has 118 valence electrons. The summed E-state index contributed by atoms with van der Waals surface area (Å²) in [4.78, 5) is 2.22. The molecule has 2 aromatic rings. The van der Waals surface area contributed by atoms with Crippen LogP contribution in [0.15, 0.2) is 28.7 Å². The second kappa shape index (κ2) is 6.89. The van der Waals surface area contributed by atoms with E-state index in [4.69, 9.17) is 9.15 Å². The Kier molecular flexibility index (Phi) is 4.70. The average Bonchev–Trinajstić information content (AvgIpc) is 3.04. The largest absolute Gasteiger partial charge is 0.497 e. The van der Waals surface area contributed by atoms with E-state index in [0.717, 1.165) is 30.7 Å². The van der Waals surface area contributed by atoms with Crippen LogP contribution in [0.5, 0.6) is 5.75 Å². The zero-order chi connectivity index (χ0) is 15.4. The van der Waals surface area contributed by atoms with Gasteiger partial charge in [-0.1, -0.05) is 6.42 Å². The quantitative estimate of drug-likeness (QED) is 0.912. The highest BCUT2D eigenvalue weighted by atomic mass is 16.5. The van der Waals surface area contributed by atoms with Crippen molar-refractivity contribution >= 4 is 0 Å². The Balaban J connectivity index is 1.70. The second-order valence-corrected chi connectivity index (χ2v) is 5.53. The lowest BCUT2D eigenvalue weighted by Crippen LogP contribution is -2.41. The molecule has 0 amide bonds. The SMILES string of the molecule is COc1ccc(-c2nnc(CN3CCCCC3CO)o2)cc1. The highest BCUT2D eigenvalue weighted by Gasteiger charge is 2.23. The fourth-order valence-corrected chi connectivity index (χ4v) is 2.82. The molecule has 1 fully saturated rings. The zero-order valence-electron chi connectivity index (χ0n) is 12.7. The second-order valence-electron chi connectivity index (χ2n) is 5.53. The molecular formula is C16H21N3O3. The van der Waals surface area contributed by atoms with Gasteiger partial charge in [0.25, 0.3) is 0 Å². The van der Waals surface area contributed by atoms with Gasteiger partial charge < -0.3 is 14.3 Å². The van der Waals surface area contributed by atoms with Crippen molar-refractivity contribution in [3.63, 3.8) is 0 Å². The summed E-state index contributed by atoms with van der Waals surface area (Å²) in [6.45, 7) is 1.74. The number of aliphatic hydroxyl groups excluding tert-OH is 1. The van der Waals surface area contributed by atoms with E-state index in [-0.39, 0.29) is 12.6 Å². The van der Waals surface area contributed by atoms with Gasteiger partial charge in [0.15, 0.2) is 0 Å². The van der Waals surface area contributed by atoms with Crippen LogP contribution in [-0.4, -0.2) is 46.5 Å². The summed E-state index contributed by atoms with van der Waals surface area (Å²) in [6, 6.07) is 7.73. The third kappa shape index (κ3) is 3.28. The summed E-state index contributed by atoms with van der Waals surface area (Å²) in [5, 5.41) is 17.7. The first-order valence-electron chi connectivity index (χ1n) is 7.62. The van der Waals surface area contributed by atoms with E-state index in [1.165, 1.54) is 6.42 Å². The van der Waals surface area contributed by atoms with Crippen molar-refractivity contribution in [1.29, 1.82) is 0 Å². The number of rotatable bonds is 5. The molecule has 1 aliphatic rings. The van der Waals surface area contributed by atoms with E-state index in [1.54, 1.807) is 7.11 Å². The maximum Gasteiger partial charge on any atom is 0.247 e. The minimum absolute atomic E-state index is 0.180. The van der Waals surface area contributed by atoms with Crippen LogP contribution < -0.4 is 4.74 Å². The van der Waals surface area contributed by atoms with Crippen LogP contribution in [0, 0.1) is 0 Å². The molecular weight excluding hydrogens is 282 g/mol. The van der Waals surface area contributed by atoms with Crippen molar-refractivity contribution in [3.8, 4) is 17.2 Å². The lowest BCUT2D eigenvalue weighted by atomic mass is 10.0. The Morgan fingerprint density at radius 2 is 2.09 bits per heavy atom. The van der Waals surface area contributed by atoms with Gasteiger partial charge in [0, 0.05) is 11.6 Å². The highest BCUT2D eigenvalue weighted by Crippen LogP contribution is 2.23. The highest BCUT2D eigenvalue weighted by molar-refractivity contribution is 5.53. The summed E-state index contributed by atoms with van der Waals surface area (Å²) in [5.74, 6) is 1.89. The number of aromatic nitrogens is 2. The van der Waals surface area contributed by atoms with Crippen molar-refractivity contribution in [2.45, 2.75) is 31.8 Å². The Hall–Kier alpha value is -1.92. The molecule has 1 unspecified atom stereocenters. The first-order chi connectivity index (χ1) is 10.8. The molecule has 0 aliphatic carbocycles. The van der Waals surface area contributed by atoms with Crippen molar-refractivity contribution < 1.29 is 14.3 Å². The van der Waals surface area contributed by atoms with Gasteiger partial charge in [-0.05, 0) is 43.7 Å². The maximum absolute atomic E-state index is 9.45. The van der Waals surface area contributed by atoms with Crippen molar-refractivity contribution in [3.05, 3.63) is 30.2 Å². The van der Waals surface area contributed by atoms with Crippen LogP contribution in [0.4, 0.5) is 0 Å². The fourth-order valence-electron chi connectivity index (χ4n) is 2.82. The van der Waals surface area contributed by atoms with Gasteiger partial charge in [0.05, 0.1) is 20.3 Å². The summed E-state index contributed by atoms with van der Waals surface area (Å²) in [5.41, 5.74) is 0.872. The van der Waals surface area contributed by atoms with Crippen molar-refractivity contribution in [2.75, 3.05) is 20.3 Å². The lowest BCUT2D eigenvalue weighted by Gasteiger charge is -2.33. The molecule has 1 aliphatic heterocycles. The molecule has 6 heteroatoms. The molecule has 0 saturated carbocycles. The molecule has 2 heterocycles. The normalized spacial score (nSPS) is 19.3. The Labute approximate surface area is 129 Å². The van der Waals surface area contributed by atoms with Gasteiger partial charge >= 0.3 is 0 Å². The van der Waals surface area contributed by atoms with Crippen LogP contribution in [0.3, 0.4) is 0 Å². The van der Waals surface area contributed by atoms with E-state index < -0.39 is 0 Å². The van der Waals surface area contributed by atoms with Gasteiger partial charge in [-0.25, -0.2) is 0 Å². The summed E-state index contributed by atoms with van der Waals surface area (Å²) >= 11 is 0. The van der Waals surface area contributed by atoms with E-state index in [0.29, 0.717) is 18.3 Å². The number of nitrogens with zero attached hydrogens (tertiary/aromatic N) is 3. The smallest absolute Gasteiger partial charge is 0.247 e. The molecule has 1 N–H and O–H groups in total. The van der Waals surface area contributed by atoms with Crippen LogP contribution >= 0.6 is 0 Å². The van der Waals surface area contributed by atoms with Crippen LogP contribution in [0.2, 0.25) is 0 Å². The number of piperidine rings is 1. The van der Waals surface area contributed by atoms with Crippen molar-refractivity contribution in [1.82, 2.24) is 15.1 Å². The number of likely N-dealkylation sites (tertiary alicyclic amines) is 1. The first kappa shape index (κ1) is 15.0. The molecule has 1 atom stereocenters. The predicted octanol–water partition coefficient (Wildman–Crippen LogP) is 2.09. The Morgan fingerprint density at radius 3 is 2.82 bits per heavy atom. The van der Waals surface area contributed by atoms with E-state index in [2.05, 4.69) is 15.1 Å². The van der Waals surface area contributed by atoms with Gasteiger partial charge in [0.1, 0.15) is 5.75 Å². The first-order valence-corrected chi connectivity index (χ1v) is 7.62. The van der Waals surface area contributed by atoms with E-state index in [9.17, 15) is 5.11 Å². The molecule has 6 nitrogen and oxygen atoms in total. The Morgan fingerprint density at radius 1 is 1.27 bits per heavy atom. The lowest BCUT2D eigenvalue weighted by molar-refractivity contribution is 0.0769. The third-order valence-corrected chi connectivity index (χ3v) is 4.10. The number of ether oxygens (including phenoxy) is 1. The fraction of sp³-hybridized carbons (Fsp3) is 0.500. The number of hydrogen-bond acceptors (Lipinski definition) is 6. The average molecular weight is 303 g/mol. The van der Waals surface area contributed by atoms with Crippen LogP contribution in [0.25, 0.3) is 11.5 Å². The Bertz CT molecular complexity index is 597. The van der Waals surface area contributed by atoms with E-state index >= 15 is 0 Å². The van der Waals surface area contributed by atoms with Gasteiger partial charge in [-0.2, -0.15) is 0 Å². The summed E-state index contributed by atoms with van der Waals surface area (Å²) in [6.07, 6.45) is 3.34. The standard InChI is InChI=1S/C16H21N3O3/c1-21-14-7-5-12(6-8-14)16-18-17-15(22-16)10-19-9-3-2-4-13(19)11-20/h5-8,13,20H,2-4,9-11H2,1H3. The summed E-state index contributed by atoms with van der Waals surface area (Å²) in [7, 11) is 1.63. The van der Waals surface area contributed by atoms with Crippen LogP contribution in [-0.2, 0) is 6.54 Å².